The molecule has 0 N–H and O–H groups in total. The van der Waals surface area contributed by atoms with Crippen molar-refractivity contribution in [3.63, 3.8) is 0 Å². The molecule has 3 heterocycles. The molecule has 6 heteroatoms. The highest BCUT2D eigenvalue weighted by Crippen LogP contribution is 2.52. The molecule has 6 rings (SSSR count). The van der Waals surface area contributed by atoms with Gasteiger partial charge in [-0.05, 0) is 43.2 Å². The smallest absolute Gasteiger partial charge is 0.291 e. The average molecular weight is 477 g/mol. The van der Waals surface area contributed by atoms with Gasteiger partial charge < -0.3 is 14.2 Å². The summed E-state index contributed by atoms with van der Waals surface area (Å²) in [6.07, 6.45) is 1.57. The van der Waals surface area contributed by atoms with E-state index in [0.29, 0.717) is 28.8 Å². The summed E-state index contributed by atoms with van der Waals surface area (Å²) < 4.78 is 6.06. The van der Waals surface area contributed by atoms with E-state index in [4.69, 9.17) is 4.42 Å². The van der Waals surface area contributed by atoms with Gasteiger partial charge in [-0.3, -0.25) is 14.4 Å². The van der Waals surface area contributed by atoms with Crippen LogP contribution >= 0.6 is 0 Å². The number of hydrogen-bond donors (Lipinski definition) is 0. The Hall–Kier alpha value is -4.45. The van der Waals surface area contributed by atoms with Crippen LogP contribution in [0.5, 0.6) is 0 Å². The first kappa shape index (κ1) is 22.0. The Morgan fingerprint density at radius 1 is 0.972 bits per heavy atom. The fraction of sp³-hybridized carbons (Fsp3) is 0.167. The van der Waals surface area contributed by atoms with Crippen LogP contribution in [0.1, 0.15) is 38.4 Å². The van der Waals surface area contributed by atoms with Gasteiger partial charge in [-0.25, -0.2) is 0 Å². The van der Waals surface area contributed by atoms with Gasteiger partial charge in [0.15, 0.2) is 11.0 Å². The third-order valence-corrected chi connectivity index (χ3v) is 7.29. The predicted molar refractivity (Wildman–Crippen MR) is 138 cm³/mol. The molecule has 2 aliphatic heterocycles. The molecule has 0 saturated heterocycles. The summed E-state index contributed by atoms with van der Waals surface area (Å²) >= 11 is 0. The number of rotatable bonds is 4. The molecule has 1 atom stereocenters. The first-order valence-corrected chi connectivity index (χ1v) is 11.9. The second-order valence-corrected chi connectivity index (χ2v) is 9.38. The highest BCUT2D eigenvalue weighted by molar-refractivity contribution is 6.17. The van der Waals surface area contributed by atoms with E-state index < -0.39 is 11.4 Å². The Balaban J connectivity index is 1.67. The monoisotopic (exact) mass is 476 g/mol. The Kier molecular flexibility index (Phi) is 4.76. The first-order chi connectivity index (χ1) is 17.4. The molecule has 0 radical (unpaired) electrons. The third kappa shape index (κ3) is 2.75. The van der Waals surface area contributed by atoms with E-state index in [-0.39, 0.29) is 29.2 Å². The van der Waals surface area contributed by atoms with Crippen molar-refractivity contribution >= 4 is 28.5 Å². The minimum atomic E-state index is -1.63. The molecule has 0 fully saturated rings. The number of amides is 2. The number of hydrogen-bond acceptors (Lipinski definition) is 4. The van der Waals surface area contributed by atoms with Gasteiger partial charge in [-0.2, -0.15) is 0 Å². The van der Waals surface area contributed by atoms with Crippen LogP contribution in [-0.2, 0) is 16.9 Å². The zero-order valence-corrected chi connectivity index (χ0v) is 20.1. The number of carbonyl (C=O) groups is 2. The molecule has 1 unspecified atom stereocenters. The maximum absolute atomic E-state index is 14.6. The van der Waals surface area contributed by atoms with Gasteiger partial charge in [0.25, 0.3) is 11.8 Å². The van der Waals surface area contributed by atoms with Gasteiger partial charge in [-0.1, -0.05) is 60.2 Å². The molecule has 2 aliphatic rings. The largest absolute Gasteiger partial charge is 0.450 e. The molecule has 4 aromatic rings. The van der Waals surface area contributed by atoms with Gasteiger partial charge in [0.05, 0.1) is 23.2 Å². The number of aryl methyl sites for hydroxylation is 2. The molecule has 1 aromatic heterocycles. The minimum absolute atomic E-state index is 0.0795. The van der Waals surface area contributed by atoms with Crippen LogP contribution in [0.15, 0.2) is 88.6 Å². The van der Waals surface area contributed by atoms with Crippen molar-refractivity contribution in [2.45, 2.75) is 25.9 Å². The van der Waals surface area contributed by atoms with E-state index in [9.17, 15) is 14.4 Å². The number of carbonyl (C=O) groups excluding carboxylic acids is 2. The van der Waals surface area contributed by atoms with Crippen molar-refractivity contribution in [2.75, 3.05) is 11.4 Å². The summed E-state index contributed by atoms with van der Waals surface area (Å²) in [6, 6.07) is 20.5. The Morgan fingerprint density at radius 2 is 1.72 bits per heavy atom. The average Bonchev–Trinajstić information content (AvgIpc) is 3.26. The molecule has 3 aromatic carbocycles. The summed E-state index contributed by atoms with van der Waals surface area (Å²) in [6.45, 7) is 8.09. The van der Waals surface area contributed by atoms with Crippen LogP contribution in [0.4, 0.5) is 5.69 Å². The van der Waals surface area contributed by atoms with Gasteiger partial charge in [0.2, 0.25) is 5.76 Å². The normalized spacial score (nSPS) is 18.3. The van der Waals surface area contributed by atoms with Crippen molar-refractivity contribution in [1.82, 2.24) is 4.90 Å². The summed E-state index contributed by atoms with van der Waals surface area (Å²) in [7, 11) is 0. The summed E-state index contributed by atoms with van der Waals surface area (Å²) in [5.41, 5.74) is 2.60. The molecule has 0 aliphatic carbocycles. The highest BCUT2D eigenvalue weighted by atomic mass is 16.3. The van der Waals surface area contributed by atoms with Gasteiger partial charge >= 0.3 is 0 Å². The van der Waals surface area contributed by atoms with E-state index in [1.165, 1.54) is 4.90 Å². The minimum Gasteiger partial charge on any atom is -0.450 e. The molecular formula is C30H24N2O4. The maximum Gasteiger partial charge on any atom is 0.291 e. The van der Waals surface area contributed by atoms with Crippen molar-refractivity contribution in [2.24, 2.45) is 0 Å². The SMILES string of the molecule is C=CCN1C(=O)c2oc3ccc(C)cc3c(=O)c2C12C(=O)N(Cc1ccccc1C)c1ccccc12. The van der Waals surface area contributed by atoms with E-state index >= 15 is 0 Å². The highest BCUT2D eigenvalue weighted by Gasteiger charge is 2.64. The summed E-state index contributed by atoms with van der Waals surface area (Å²) in [5.74, 6) is -0.926. The maximum atomic E-state index is 14.6. The molecule has 178 valence electrons. The van der Waals surface area contributed by atoms with Gasteiger partial charge in [0, 0.05) is 12.1 Å². The van der Waals surface area contributed by atoms with Crippen molar-refractivity contribution in [1.29, 1.82) is 0 Å². The van der Waals surface area contributed by atoms with Crippen molar-refractivity contribution in [3.05, 3.63) is 123 Å². The van der Waals surface area contributed by atoms with E-state index in [2.05, 4.69) is 6.58 Å². The van der Waals surface area contributed by atoms with E-state index in [1.54, 1.807) is 23.1 Å². The fourth-order valence-electron chi connectivity index (χ4n) is 5.60. The zero-order chi connectivity index (χ0) is 25.2. The second-order valence-electron chi connectivity index (χ2n) is 9.38. The number of nitrogens with zero attached hydrogens (tertiary/aromatic N) is 2. The standard InChI is InChI=1S/C30H24N2O4/c1-4-15-32-28(34)27-25(26(33)21-16-18(2)13-14-24(21)36-27)30(32)22-11-7-8-12-23(22)31(29(30)35)17-20-10-6-5-9-19(20)3/h4-14,16H,1,15,17H2,2-3H3. The molecular weight excluding hydrogens is 452 g/mol. The lowest BCUT2D eigenvalue weighted by Gasteiger charge is -2.33. The Labute approximate surface area is 208 Å². The molecule has 0 bridgehead atoms. The molecule has 1 spiro atoms. The van der Waals surface area contributed by atoms with Crippen molar-refractivity contribution in [3.8, 4) is 0 Å². The zero-order valence-electron chi connectivity index (χ0n) is 20.1. The van der Waals surface area contributed by atoms with E-state index in [1.807, 2.05) is 68.4 Å². The second kappa shape index (κ2) is 7.78. The van der Waals surface area contributed by atoms with Crippen LogP contribution in [0.25, 0.3) is 11.0 Å². The van der Waals surface area contributed by atoms with Crippen LogP contribution in [0.2, 0.25) is 0 Å². The van der Waals surface area contributed by atoms with Crippen LogP contribution in [0.3, 0.4) is 0 Å². The lowest BCUT2D eigenvalue weighted by atomic mass is 9.84. The lowest BCUT2D eigenvalue weighted by Crippen LogP contribution is -2.53. The molecule has 0 saturated carbocycles. The molecule has 36 heavy (non-hydrogen) atoms. The van der Waals surface area contributed by atoms with Crippen LogP contribution in [0, 0.1) is 13.8 Å². The number of anilines is 1. The van der Waals surface area contributed by atoms with Crippen molar-refractivity contribution < 1.29 is 14.0 Å². The van der Waals surface area contributed by atoms with Crippen LogP contribution < -0.4 is 10.3 Å². The van der Waals surface area contributed by atoms with Gasteiger partial charge in [0.1, 0.15) is 5.58 Å². The topological polar surface area (TPSA) is 70.8 Å². The van der Waals surface area contributed by atoms with Gasteiger partial charge in [-0.15, -0.1) is 6.58 Å². The Bertz CT molecular complexity index is 1670. The van der Waals surface area contributed by atoms with E-state index in [0.717, 1.165) is 16.7 Å². The number of fused-ring (bicyclic) bond motifs is 5. The summed E-state index contributed by atoms with van der Waals surface area (Å²) in [5, 5.41) is 0.351. The third-order valence-electron chi connectivity index (χ3n) is 7.29. The van der Waals surface area contributed by atoms with Crippen LogP contribution in [-0.4, -0.2) is 23.3 Å². The summed E-state index contributed by atoms with van der Waals surface area (Å²) in [4.78, 5) is 45.5. The molecule has 6 nitrogen and oxygen atoms in total. The molecule has 2 amide bonds. The predicted octanol–water partition coefficient (Wildman–Crippen LogP) is 4.84. The number of benzene rings is 3. The lowest BCUT2D eigenvalue weighted by molar-refractivity contribution is -0.126. The fourth-order valence-corrected chi connectivity index (χ4v) is 5.60. The Morgan fingerprint density at radius 3 is 2.50 bits per heavy atom. The number of para-hydroxylation sites is 1. The first-order valence-electron chi connectivity index (χ1n) is 11.9. The quantitative estimate of drug-likeness (QED) is 0.395.